The Balaban J connectivity index is 2.57. The number of hydrogen-bond acceptors (Lipinski definition) is 20. The molecule has 2 aromatic carbocycles. The third kappa shape index (κ3) is 37.3. The van der Waals surface area contributed by atoms with E-state index in [1.165, 1.54) is 24.3 Å². The van der Waals surface area contributed by atoms with Gasteiger partial charge < -0.3 is 78.1 Å². The van der Waals surface area contributed by atoms with Gasteiger partial charge in [0.1, 0.15) is 60.0 Å². The lowest BCUT2D eigenvalue weighted by Crippen LogP contribution is -2.34. The number of rotatable bonds is 32. The van der Waals surface area contributed by atoms with E-state index >= 15 is 0 Å². The molecule has 0 heterocycles. The molecule has 2 aromatic rings. The summed E-state index contributed by atoms with van der Waals surface area (Å²) in [5.74, 6) is -1.26. The molecular formula is C63H96N4O20. The van der Waals surface area contributed by atoms with Crippen LogP contribution < -0.4 is 49.7 Å². The van der Waals surface area contributed by atoms with Crippen molar-refractivity contribution in [3.63, 3.8) is 0 Å². The minimum Gasteiger partial charge on any atom is -0.488 e. The predicted octanol–water partition coefficient (Wildman–Crippen LogP) is 10.6. The molecule has 0 bridgehead atoms. The average Bonchev–Trinajstić information content (AvgIpc) is 1.95. The quantitative estimate of drug-likeness (QED) is 0.0174. The summed E-state index contributed by atoms with van der Waals surface area (Å²) in [6.07, 6.45) is 2.63. The van der Waals surface area contributed by atoms with Crippen molar-refractivity contribution in [3.8, 4) is 34.5 Å². The van der Waals surface area contributed by atoms with Crippen LogP contribution in [0, 0.1) is 0 Å². The molecule has 0 aliphatic carbocycles. The van der Waals surface area contributed by atoms with Gasteiger partial charge in [-0.3, -0.25) is 19.2 Å². The summed E-state index contributed by atoms with van der Waals surface area (Å²) in [6, 6.07) is 6.23. The molecule has 2 rings (SSSR count). The lowest BCUT2D eigenvalue weighted by Gasteiger charge is -2.21. The highest BCUT2D eigenvalue weighted by molar-refractivity contribution is 6.11. The Morgan fingerprint density at radius 2 is 0.586 bits per heavy atom. The Hall–Kier alpha value is -7.92. The van der Waals surface area contributed by atoms with Gasteiger partial charge in [-0.2, -0.15) is 0 Å². The second-order valence-electron chi connectivity index (χ2n) is 25.7. The molecule has 488 valence electrons. The average molecular weight is 1230 g/mol. The van der Waals surface area contributed by atoms with Crippen LogP contribution in [0.2, 0.25) is 0 Å². The van der Waals surface area contributed by atoms with Crippen molar-refractivity contribution in [2.45, 2.75) is 190 Å². The third-order valence-electron chi connectivity index (χ3n) is 9.85. The zero-order valence-electron chi connectivity index (χ0n) is 54.4. The van der Waals surface area contributed by atoms with Crippen molar-refractivity contribution < 1.29 is 95.2 Å². The fourth-order valence-corrected chi connectivity index (χ4v) is 6.85. The van der Waals surface area contributed by atoms with E-state index in [9.17, 15) is 38.4 Å². The largest absolute Gasteiger partial charge is 0.488 e. The van der Waals surface area contributed by atoms with Gasteiger partial charge in [-0.15, -0.1) is 0 Å². The topological polar surface area (TPSA) is 295 Å². The van der Waals surface area contributed by atoms with Crippen LogP contribution in [0.15, 0.2) is 36.4 Å². The number of allylic oxidation sites excluding steroid dienone is 2. The first-order valence-corrected chi connectivity index (χ1v) is 29.0. The van der Waals surface area contributed by atoms with Crippen LogP contribution >= 0.6 is 0 Å². The van der Waals surface area contributed by atoms with E-state index < -0.39 is 87.9 Å². The molecule has 0 saturated carbocycles. The first-order chi connectivity index (χ1) is 40.1. The minimum atomic E-state index is -0.749. The number of alkyl carbamates (subject to hydrolysis) is 4. The number of ether oxygens (including phenoxy) is 12. The van der Waals surface area contributed by atoms with Gasteiger partial charge in [-0.25, -0.2) is 19.2 Å². The molecule has 0 aromatic heterocycles. The highest BCUT2D eigenvalue weighted by Crippen LogP contribution is 2.41. The highest BCUT2D eigenvalue weighted by atomic mass is 16.6. The van der Waals surface area contributed by atoms with E-state index in [0.717, 1.165) is 0 Å². The summed E-state index contributed by atoms with van der Waals surface area (Å²) in [6.45, 7) is 31.1. The van der Waals surface area contributed by atoms with Crippen molar-refractivity contribution in [2.75, 3.05) is 65.8 Å². The number of benzene rings is 2. The first-order valence-electron chi connectivity index (χ1n) is 29.0. The molecule has 0 aliphatic rings. The standard InChI is InChI=1S/C63H96N4O20/c1-58(2,3)82-50(70)21-19-31-80-52-46(76-33-27-64-54(72)84-60(7,8)9)37-42(38-47(52)77-34-28-65-55(73)85-61(10,11)12)23-25-44(68)41-45(69)26-24-43-39-48(78-35-29-66-56(74)86-62(13,14)15)53(81-32-20-22-51(71)83-59(4,5)6)49(40-43)79-36-30-67-57(75)87-63(16,17)18/h23-26,37-40H,19-22,27-36,41H2,1-18H3,(H,64,72)(H,65,73)(H,66,74)(H,67,75)/b25-23+,26-24+. The number of carbonyl (C=O) groups is 8. The molecule has 24 heteroatoms. The van der Waals surface area contributed by atoms with Gasteiger partial charge in [-0.1, -0.05) is 12.2 Å². The zero-order valence-corrected chi connectivity index (χ0v) is 54.4. The summed E-state index contributed by atoms with van der Waals surface area (Å²) < 4.78 is 69.2. The maximum absolute atomic E-state index is 13.5. The highest BCUT2D eigenvalue weighted by Gasteiger charge is 2.24. The Morgan fingerprint density at radius 3 is 0.816 bits per heavy atom. The molecule has 0 unspecified atom stereocenters. The maximum Gasteiger partial charge on any atom is 0.407 e. The van der Waals surface area contributed by atoms with Gasteiger partial charge in [-0.05, 0) is 185 Å². The summed E-state index contributed by atoms with van der Waals surface area (Å²) >= 11 is 0. The lowest BCUT2D eigenvalue weighted by molar-refractivity contribution is -0.156. The number of hydrogen-bond donors (Lipinski definition) is 4. The third-order valence-corrected chi connectivity index (χ3v) is 9.85. The van der Waals surface area contributed by atoms with Gasteiger partial charge in [0.2, 0.25) is 11.5 Å². The van der Waals surface area contributed by atoms with E-state index in [1.807, 2.05) is 0 Å². The van der Waals surface area contributed by atoms with Crippen LogP contribution in [0.25, 0.3) is 12.2 Å². The predicted molar refractivity (Wildman–Crippen MR) is 326 cm³/mol. The van der Waals surface area contributed by atoms with Crippen LogP contribution in [0.3, 0.4) is 0 Å². The summed E-state index contributed by atoms with van der Waals surface area (Å²) in [7, 11) is 0. The van der Waals surface area contributed by atoms with Gasteiger partial charge in [0, 0.05) is 12.8 Å². The van der Waals surface area contributed by atoms with E-state index in [1.54, 1.807) is 149 Å². The molecular weight excluding hydrogens is 1130 g/mol. The van der Waals surface area contributed by atoms with Crippen LogP contribution in [0.5, 0.6) is 34.5 Å². The van der Waals surface area contributed by atoms with Gasteiger partial charge >= 0.3 is 36.3 Å². The fourth-order valence-electron chi connectivity index (χ4n) is 6.85. The molecule has 4 N–H and O–H groups in total. The van der Waals surface area contributed by atoms with Crippen molar-refractivity contribution >= 4 is 60.0 Å². The number of amides is 4. The molecule has 0 aliphatic heterocycles. The smallest absolute Gasteiger partial charge is 0.407 e. The minimum absolute atomic E-state index is 0.00974. The van der Waals surface area contributed by atoms with Crippen LogP contribution in [-0.4, -0.2) is 147 Å². The molecule has 0 radical (unpaired) electrons. The number of carbonyl (C=O) groups excluding carboxylic acids is 8. The summed E-state index contributed by atoms with van der Waals surface area (Å²) in [5.41, 5.74) is -3.63. The lowest BCUT2D eigenvalue weighted by atomic mass is 10.1. The second-order valence-corrected chi connectivity index (χ2v) is 25.7. The summed E-state index contributed by atoms with van der Waals surface area (Å²) in [4.78, 5) is 102. The first kappa shape index (κ1) is 75.2. The van der Waals surface area contributed by atoms with Crippen LogP contribution in [0.4, 0.5) is 19.2 Å². The Kier molecular flexibility index (Phi) is 30.3. The number of esters is 2. The van der Waals surface area contributed by atoms with Crippen molar-refractivity contribution in [3.05, 3.63) is 47.5 Å². The Bertz CT molecular complexity index is 2370. The second kappa shape index (κ2) is 35.0. The van der Waals surface area contributed by atoms with Crippen molar-refractivity contribution in [1.82, 2.24) is 21.3 Å². The Morgan fingerprint density at radius 1 is 0.345 bits per heavy atom. The van der Waals surface area contributed by atoms with Gasteiger partial charge in [0.15, 0.2) is 34.6 Å². The molecule has 0 fully saturated rings. The molecule has 0 saturated heterocycles. The number of nitrogens with one attached hydrogen (secondary N) is 4. The SMILES string of the molecule is CC(C)(C)OC(=O)CCCOc1c(OCCNC(=O)OC(C)(C)C)cc(/C=C/C(=O)CC(=O)/C=C/c2cc(OCCNC(=O)OC(C)(C)C)c(OCCCC(=O)OC(C)(C)C)c(OCCNC(=O)OC(C)(C)C)c2)cc1OCCNC(=O)OC(C)(C)C. The fraction of sp³-hybridized carbons (Fsp3) is 0.619. The normalized spacial score (nSPS) is 12.1. The van der Waals surface area contributed by atoms with E-state index in [4.69, 9.17) is 56.8 Å². The van der Waals surface area contributed by atoms with Gasteiger partial charge in [0.25, 0.3) is 0 Å². The summed E-state index contributed by atoms with van der Waals surface area (Å²) in [5, 5.41) is 10.5. The van der Waals surface area contributed by atoms with E-state index in [2.05, 4.69) is 21.3 Å². The van der Waals surface area contributed by atoms with E-state index in [-0.39, 0.29) is 126 Å². The molecule has 4 amide bonds. The molecule has 24 nitrogen and oxygen atoms in total. The van der Waals surface area contributed by atoms with Gasteiger partial charge in [0.05, 0.1) is 45.8 Å². The zero-order chi connectivity index (χ0) is 65.8. The molecule has 87 heavy (non-hydrogen) atoms. The number of ketones is 2. The monoisotopic (exact) mass is 1230 g/mol. The van der Waals surface area contributed by atoms with Crippen molar-refractivity contribution in [1.29, 1.82) is 0 Å². The van der Waals surface area contributed by atoms with Crippen molar-refractivity contribution in [2.24, 2.45) is 0 Å². The van der Waals surface area contributed by atoms with E-state index in [0.29, 0.717) is 11.1 Å². The van der Waals surface area contributed by atoms with Crippen LogP contribution in [0.1, 0.15) is 168 Å². The van der Waals surface area contributed by atoms with Crippen LogP contribution in [-0.2, 0) is 47.6 Å². The maximum atomic E-state index is 13.5. The Labute approximate surface area is 513 Å². The molecule has 0 spiro atoms. The molecule has 0 atom stereocenters.